The van der Waals surface area contributed by atoms with E-state index in [2.05, 4.69) is 5.32 Å². The Kier molecular flexibility index (Phi) is 4.49. The van der Waals surface area contributed by atoms with Crippen molar-refractivity contribution in [1.29, 1.82) is 0 Å². The van der Waals surface area contributed by atoms with Gasteiger partial charge in [-0.05, 0) is 43.0 Å². The SMILES string of the molecule is COc1ccc(NC(=O)N2CCC(C)C(O)C2)cc1C. The number of urea groups is 1. The minimum absolute atomic E-state index is 0.166. The van der Waals surface area contributed by atoms with Gasteiger partial charge in [-0.2, -0.15) is 0 Å². The van der Waals surface area contributed by atoms with Crippen molar-refractivity contribution in [2.75, 3.05) is 25.5 Å². The molecule has 1 aromatic rings. The third-order valence-electron chi connectivity index (χ3n) is 3.85. The van der Waals surface area contributed by atoms with E-state index in [1.807, 2.05) is 32.0 Å². The number of rotatable bonds is 2. The van der Waals surface area contributed by atoms with Gasteiger partial charge in [0.25, 0.3) is 0 Å². The number of amides is 2. The van der Waals surface area contributed by atoms with E-state index in [-0.39, 0.29) is 11.9 Å². The lowest BCUT2D eigenvalue weighted by atomic mass is 9.96. The van der Waals surface area contributed by atoms with Gasteiger partial charge in [0.15, 0.2) is 0 Å². The summed E-state index contributed by atoms with van der Waals surface area (Å²) in [6.07, 6.45) is 0.392. The molecule has 1 fully saturated rings. The van der Waals surface area contributed by atoms with Crippen LogP contribution in [0.3, 0.4) is 0 Å². The number of anilines is 1. The molecule has 1 aromatic carbocycles. The fourth-order valence-electron chi connectivity index (χ4n) is 2.39. The molecule has 2 N–H and O–H groups in total. The summed E-state index contributed by atoms with van der Waals surface area (Å²) < 4.78 is 5.19. The van der Waals surface area contributed by atoms with Crippen LogP contribution in [0, 0.1) is 12.8 Å². The zero-order valence-electron chi connectivity index (χ0n) is 12.2. The molecule has 0 spiro atoms. The lowest BCUT2D eigenvalue weighted by Gasteiger charge is -2.34. The van der Waals surface area contributed by atoms with Gasteiger partial charge in [0.1, 0.15) is 5.75 Å². The Bertz CT molecular complexity index is 490. The van der Waals surface area contributed by atoms with E-state index >= 15 is 0 Å². The smallest absolute Gasteiger partial charge is 0.321 e. The Morgan fingerprint density at radius 3 is 2.85 bits per heavy atom. The maximum atomic E-state index is 12.2. The predicted molar refractivity (Wildman–Crippen MR) is 78.1 cm³/mol. The fourth-order valence-corrected chi connectivity index (χ4v) is 2.39. The van der Waals surface area contributed by atoms with Gasteiger partial charge in [0.05, 0.1) is 13.2 Å². The first-order valence-corrected chi connectivity index (χ1v) is 6.90. The number of carbonyl (C=O) groups excluding carboxylic acids is 1. The summed E-state index contributed by atoms with van der Waals surface area (Å²) in [5.41, 5.74) is 1.71. The molecule has 1 heterocycles. The number of aliphatic hydroxyl groups excluding tert-OH is 1. The average Bonchev–Trinajstić information content (AvgIpc) is 2.42. The molecule has 0 bridgehead atoms. The molecule has 2 unspecified atom stereocenters. The molecule has 20 heavy (non-hydrogen) atoms. The van der Waals surface area contributed by atoms with Crippen molar-refractivity contribution in [3.63, 3.8) is 0 Å². The lowest BCUT2D eigenvalue weighted by Crippen LogP contribution is -2.47. The van der Waals surface area contributed by atoms with E-state index in [9.17, 15) is 9.90 Å². The molecular formula is C15H22N2O3. The number of aliphatic hydroxyl groups is 1. The summed E-state index contributed by atoms with van der Waals surface area (Å²) in [5, 5.41) is 12.7. The number of methoxy groups -OCH3 is 1. The molecule has 110 valence electrons. The number of carbonyl (C=O) groups is 1. The summed E-state index contributed by atoms with van der Waals surface area (Å²) in [7, 11) is 1.62. The molecule has 2 atom stereocenters. The van der Waals surface area contributed by atoms with E-state index < -0.39 is 6.10 Å². The van der Waals surface area contributed by atoms with E-state index in [1.165, 1.54) is 0 Å². The van der Waals surface area contributed by atoms with Crippen LogP contribution in [0.5, 0.6) is 5.75 Å². The maximum Gasteiger partial charge on any atom is 0.321 e. The Morgan fingerprint density at radius 2 is 2.25 bits per heavy atom. The molecule has 0 aliphatic carbocycles. The predicted octanol–water partition coefficient (Wildman–Crippen LogP) is 2.24. The molecule has 1 saturated heterocycles. The number of nitrogens with one attached hydrogen (secondary N) is 1. The lowest BCUT2D eigenvalue weighted by molar-refractivity contribution is 0.0464. The number of hydrogen-bond acceptors (Lipinski definition) is 3. The maximum absolute atomic E-state index is 12.2. The van der Waals surface area contributed by atoms with Crippen LogP contribution in [-0.2, 0) is 0 Å². The summed E-state index contributed by atoms with van der Waals surface area (Å²) >= 11 is 0. The van der Waals surface area contributed by atoms with E-state index in [1.54, 1.807) is 12.0 Å². The van der Waals surface area contributed by atoms with Crippen molar-refractivity contribution < 1.29 is 14.6 Å². The zero-order chi connectivity index (χ0) is 14.7. The molecule has 1 aliphatic rings. The summed E-state index contributed by atoms with van der Waals surface area (Å²) in [6.45, 7) is 5.01. The molecule has 0 saturated carbocycles. The summed E-state index contributed by atoms with van der Waals surface area (Å²) in [4.78, 5) is 13.8. The van der Waals surface area contributed by atoms with Crippen LogP contribution in [0.25, 0.3) is 0 Å². The minimum atomic E-state index is -0.438. The number of benzene rings is 1. The third-order valence-corrected chi connectivity index (χ3v) is 3.85. The monoisotopic (exact) mass is 278 g/mol. The van der Waals surface area contributed by atoms with Crippen molar-refractivity contribution in [3.8, 4) is 5.75 Å². The molecule has 5 heteroatoms. The van der Waals surface area contributed by atoms with Crippen LogP contribution in [0.1, 0.15) is 18.9 Å². The van der Waals surface area contributed by atoms with Crippen LogP contribution in [0.2, 0.25) is 0 Å². The second-order valence-corrected chi connectivity index (χ2v) is 5.39. The van der Waals surface area contributed by atoms with Gasteiger partial charge in [-0.3, -0.25) is 0 Å². The third kappa shape index (κ3) is 3.22. The first-order valence-electron chi connectivity index (χ1n) is 6.90. The Morgan fingerprint density at radius 1 is 1.50 bits per heavy atom. The van der Waals surface area contributed by atoms with Gasteiger partial charge < -0.3 is 20.1 Å². The number of nitrogens with zero attached hydrogens (tertiary/aromatic N) is 1. The summed E-state index contributed by atoms with van der Waals surface area (Å²) in [6, 6.07) is 5.35. The van der Waals surface area contributed by atoms with Crippen LogP contribution < -0.4 is 10.1 Å². The number of aryl methyl sites for hydroxylation is 1. The standard InChI is InChI=1S/C15H22N2O3/c1-10-6-7-17(9-13(10)18)15(19)16-12-4-5-14(20-3)11(2)8-12/h4-5,8,10,13,18H,6-7,9H2,1-3H3,(H,16,19). The fraction of sp³-hybridized carbons (Fsp3) is 0.533. The number of likely N-dealkylation sites (tertiary alicyclic amines) is 1. The topological polar surface area (TPSA) is 61.8 Å². The van der Waals surface area contributed by atoms with E-state index in [4.69, 9.17) is 4.74 Å². The van der Waals surface area contributed by atoms with Gasteiger partial charge in [0.2, 0.25) is 0 Å². The van der Waals surface area contributed by atoms with Gasteiger partial charge in [-0.15, -0.1) is 0 Å². The summed E-state index contributed by atoms with van der Waals surface area (Å²) in [5.74, 6) is 1.05. The van der Waals surface area contributed by atoms with E-state index in [0.717, 1.165) is 23.4 Å². The van der Waals surface area contributed by atoms with Crippen molar-refractivity contribution in [2.45, 2.75) is 26.4 Å². The van der Waals surface area contributed by atoms with Gasteiger partial charge >= 0.3 is 6.03 Å². The number of hydrogen-bond donors (Lipinski definition) is 2. The van der Waals surface area contributed by atoms with Crippen molar-refractivity contribution in [3.05, 3.63) is 23.8 Å². The first kappa shape index (κ1) is 14.7. The van der Waals surface area contributed by atoms with Crippen LogP contribution in [-0.4, -0.2) is 42.3 Å². The minimum Gasteiger partial charge on any atom is -0.496 e. The zero-order valence-corrected chi connectivity index (χ0v) is 12.2. The molecule has 2 rings (SSSR count). The highest BCUT2D eigenvalue weighted by Gasteiger charge is 2.27. The van der Waals surface area contributed by atoms with Crippen molar-refractivity contribution >= 4 is 11.7 Å². The van der Waals surface area contributed by atoms with E-state index in [0.29, 0.717) is 13.1 Å². The molecule has 0 radical (unpaired) electrons. The second kappa shape index (κ2) is 6.13. The normalized spacial score (nSPS) is 22.5. The highest BCUT2D eigenvalue weighted by Crippen LogP contribution is 2.22. The molecule has 0 aromatic heterocycles. The number of piperidine rings is 1. The Labute approximate surface area is 119 Å². The highest BCUT2D eigenvalue weighted by atomic mass is 16.5. The quantitative estimate of drug-likeness (QED) is 0.872. The number of β-amino-alcohol motifs (C(OH)–C–C–N with tert-alkyl or cyclic N) is 1. The number of ether oxygens (including phenoxy) is 1. The van der Waals surface area contributed by atoms with Gasteiger partial charge in [-0.25, -0.2) is 4.79 Å². The largest absolute Gasteiger partial charge is 0.496 e. The van der Waals surface area contributed by atoms with Gasteiger partial charge in [-0.1, -0.05) is 6.92 Å². The van der Waals surface area contributed by atoms with Crippen LogP contribution >= 0.6 is 0 Å². The highest BCUT2D eigenvalue weighted by molar-refractivity contribution is 5.89. The molecular weight excluding hydrogens is 256 g/mol. The average molecular weight is 278 g/mol. The molecule has 2 amide bonds. The molecule has 5 nitrogen and oxygen atoms in total. The van der Waals surface area contributed by atoms with Crippen LogP contribution in [0.4, 0.5) is 10.5 Å². The van der Waals surface area contributed by atoms with Gasteiger partial charge in [0, 0.05) is 18.8 Å². The van der Waals surface area contributed by atoms with Crippen molar-refractivity contribution in [1.82, 2.24) is 4.90 Å². The second-order valence-electron chi connectivity index (χ2n) is 5.39. The first-order chi connectivity index (χ1) is 9.51. The molecule has 1 aliphatic heterocycles. The Balaban J connectivity index is 1.99. The van der Waals surface area contributed by atoms with Crippen molar-refractivity contribution in [2.24, 2.45) is 5.92 Å². The van der Waals surface area contributed by atoms with Crippen LogP contribution in [0.15, 0.2) is 18.2 Å². The Hall–Kier alpha value is -1.75.